The van der Waals surface area contributed by atoms with Crippen LogP contribution >= 0.6 is 0 Å². The number of rotatable bonds is 6. The van der Waals surface area contributed by atoms with E-state index in [1.54, 1.807) is 15.3 Å². The predicted molar refractivity (Wildman–Crippen MR) is 77.9 cm³/mol. The van der Waals surface area contributed by atoms with Crippen molar-refractivity contribution in [2.45, 2.75) is 25.9 Å². The number of hydrogen-bond donors (Lipinski definition) is 1. The second-order valence-electron chi connectivity index (χ2n) is 4.85. The van der Waals surface area contributed by atoms with Gasteiger partial charge in [0, 0.05) is 12.7 Å². The van der Waals surface area contributed by atoms with Gasteiger partial charge in [0.1, 0.15) is 0 Å². The summed E-state index contributed by atoms with van der Waals surface area (Å²) in [5, 5.41) is 8.14. The molecular formula is C14H17N5O2. The summed E-state index contributed by atoms with van der Waals surface area (Å²) in [5.74, 6) is -0.348. The molecule has 0 aliphatic carbocycles. The minimum Gasteiger partial charge on any atom is -0.408 e. The summed E-state index contributed by atoms with van der Waals surface area (Å²) < 4.78 is 8.54. The smallest absolute Gasteiger partial charge is 0.408 e. The van der Waals surface area contributed by atoms with Crippen LogP contribution in [0.25, 0.3) is 11.1 Å². The first-order valence-electron chi connectivity index (χ1n) is 6.95. The fourth-order valence-corrected chi connectivity index (χ4v) is 2.27. The first-order valence-corrected chi connectivity index (χ1v) is 6.95. The Morgan fingerprint density at radius 2 is 2.10 bits per heavy atom. The minimum absolute atomic E-state index is 0.348. The molecule has 3 rings (SSSR count). The van der Waals surface area contributed by atoms with Gasteiger partial charge in [0.2, 0.25) is 0 Å². The van der Waals surface area contributed by atoms with E-state index in [9.17, 15) is 4.79 Å². The number of fused-ring (bicyclic) bond motifs is 1. The van der Waals surface area contributed by atoms with Gasteiger partial charge in [-0.25, -0.2) is 4.79 Å². The van der Waals surface area contributed by atoms with Crippen LogP contribution in [0.15, 0.2) is 39.7 Å². The molecule has 0 aliphatic rings. The summed E-state index contributed by atoms with van der Waals surface area (Å²) in [6, 6.07) is 7.38. The van der Waals surface area contributed by atoms with Crippen molar-refractivity contribution < 1.29 is 4.42 Å². The van der Waals surface area contributed by atoms with Crippen molar-refractivity contribution in [3.8, 4) is 0 Å². The maximum Gasteiger partial charge on any atom is 0.420 e. The lowest BCUT2D eigenvalue weighted by Gasteiger charge is -2.01. The molecular weight excluding hydrogens is 270 g/mol. The van der Waals surface area contributed by atoms with Crippen molar-refractivity contribution >= 4 is 11.1 Å². The molecule has 2 aromatic heterocycles. The maximum absolute atomic E-state index is 11.8. The van der Waals surface area contributed by atoms with E-state index in [-0.39, 0.29) is 5.76 Å². The highest BCUT2D eigenvalue weighted by Crippen LogP contribution is 2.11. The molecule has 7 nitrogen and oxygen atoms in total. The predicted octanol–water partition coefficient (Wildman–Crippen LogP) is 0.777. The summed E-state index contributed by atoms with van der Waals surface area (Å²) in [7, 11) is 0. The molecule has 3 aromatic rings. The molecule has 1 aromatic carbocycles. The van der Waals surface area contributed by atoms with E-state index in [0.717, 1.165) is 24.1 Å². The molecule has 0 fully saturated rings. The van der Waals surface area contributed by atoms with E-state index in [1.807, 2.05) is 24.4 Å². The van der Waals surface area contributed by atoms with Crippen LogP contribution in [0.3, 0.4) is 0 Å². The van der Waals surface area contributed by atoms with Gasteiger partial charge in [0.15, 0.2) is 5.58 Å². The van der Waals surface area contributed by atoms with Gasteiger partial charge >= 0.3 is 5.76 Å². The minimum atomic E-state index is -0.348. The molecule has 0 atom stereocenters. The normalized spacial score (nSPS) is 11.3. The zero-order valence-electron chi connectivity index (χ0n) is 11.6. The highest BCUT2D eigenvalue weighted by Gasteiger charge is 2.08. The molecule has 2 N–H and O–H groups in total. The molecule has 0 saturated carbocycles. The molecule has 7 heteroatoms. The van der Waals surface area contributed by atoms with E-state index < -0.39 is 0 Å². The molecule has 0 aliphatic heterocycles. The van der Waals surface area contributed by atoms with Crippen molar-refractivity contribution in [1.29, 1.82) is 0 Å². The summed E-state index contributed by atoms with van der Waals surface area (Å²) in [4.78, 5) is 11.8. The Balaban J connectivity index is 1.73. The summed E-state index contributed by atoms with van der Waals surface area (Å²) in [6.45, 7) is 1.71. The van der Waals surface area contributed by atoms with Crippen LogP contribution < -0.4 is 11.5 Å². The molecule has 0 bridgehead atoms. The molecule has 0 spiro atoms. The van der Waals surface area contributed by atoms with Crippen LogP contribution in [0.1, 0.15) is 12.1 Å². The van der Waals surface area contributed by atoms with Gasteiger partial charge in [-0.05, 0) is 31.5 Å². The number of nitrogens with zero attached hydrogens (tertiary/aromatic N) is 4. The molecule has 110 valence electrons. The second kappa shape index (κ2) is 5.92. The Morgan fingerprint density at radius 3 is 2.95 bits per heavy atom. The Labute approximate surface area is 121 Å². The van der Waals surface area contributed by atoms with Gasteiger partial charge in [-0.2, -0.15) is 0 Å². The summed E-state index contributed by atoms with van der Waals surface area (Å²) in [5.41, 5.74) is 7.79. The fourth-order valence-electron chi connectivity index (χ4n) is 2.27. The summed E-state index contributed by atoms with van der Waals surface area (Å²) >= 11 is 0. The topological polar surface area (TPSA) is 91.9 Å². The molecule has 0 unspecified atom stereocenters. The lowest BCUT2D eigenvalue weighted by molar-refractivity contribution is 0.466. The number of nitrogens with two attached hydrogens (primary N) is 1. The second-order valence-corrected chi connectivity index (χ2v) is 4.85. The third-order valence-electron chi connectivity index (χ3n) is 3.35. The third kappa shape index (κ3) is 2.87. The van der Waals surface area contributed by atoms with Crippen LogP contribution in [-0.2, 0) is 19.5 Å². The monoisotopic (exact) mass is 287 g/mol. The Bertz CT molecular complexity index is 786. The largest absolute Gasteiger partial charge is 0.420 e. The first kappa shape index (κ1) is 13.6. The lowest BCUT2D eigenvalue weighted by atomic mass is 10.2. The quantitative estimate of drug-likeness (QED) is 0.723. The number of para-hydroxylation sites is 2. The van der Waals surface area contributed by atoms with Gasteiger partial charge in [0.25, 0.3) is 0 Å². The molecule has 2 heterocycles. The van der Waals surface area contributed by atoms with Crippen LogP contribution in [0.2, 0.25) is 0 Å². The molecule has 0 radical (unpaired) electrons. The highest BCUT2D eigenvalue weighted by atomic mass is 16.4. The van der Waals surface area contributed by atoms with Gasteiger partial charge in [-0.15, -0.1) is 5.10 Å². The Kier molecular flexibility index (Phi) is 3.83. The van der Waals surface area contributed by atoms with Crippen LogP contribution in [0, 0.1) is 0 Å². The fraction of sp³-hybridized carbons (Fsp3) is 0.357. The van der Waals surface area contributed by atoms with E-state index in [4.69, 9.17) is 10.2 Å². The van der Waals surface area contributed by atoms with Crippen molar-refractivity contribution in [2.75, 3.05) is 6.54 Å². The maximum atomic E-state index is 11.8. The molecule has 0 saturated heterocycles. The third-order valence-corrected chi connectivity index (χ3v) is 3.35. The lowest BCUT2D eigenvalue weighted by Crippen LogP contribution is -2.18. The number of benzene rings is 1. The van der Waals surface area contributed by atoms with E-state index in [1.165, 1.54) is 0 Å². The average molecular weight is 287 g/mol. The average Bonchev–Trinajstić information content (AvgIpc) is 3.06. The van der Waals surface area contributed by atoms with Crippen LogP contribution in [-0.4, -0.2) is 26.1 Å². The van der Waals surface area contributed by atoms with Crippen LogP contribution in [0.4, 0.5) is 0 Å². The van der Waals surface area contributed by atoms with Crippen LogP contribution in [0.5, 0.6) is 0 Å². The molecule has 21 heavy (non-hydrogen) atoms. The number of aryl methyl sites for hydroxylation is 3. The SMILES string of the molecule is NCCCc1cn(CCn2c(=O)oc3ccccc32)nn1. The van der Waals surface area contributed by atoms with Gasteiger partial charge in [0.05, 0.1) is 17.8 Å². The Morgan fingerprint density at radius 1 is 1.24 bits per heavy atom. The standard InChI is InChI=1S/C14H17N5O2/c15-7-3-4-11-10-18(17-16-11)8-9-19-12-5-1-2-6-13(12)21-14(19)20/h1-2,5-6,10H,3-4,7-9,15H2. The number of oxazole rings is 1. The molecule has 0 amide bonds. The van der Waals surface area contributed by atoms with Gasteiger partial charge < -0.3 is 10.2 Å². The van der Waals surface area contributed by atoms with Crippen molar-refractivity contribution in [2.24, 2.45) is 5.73 Å². The van der Waals surface area contributed by atoms with Crippen molar-refractivity contribution in [3.63, 3.8) is 0 Å². The Hall–Kier alpha value is -2.41. The van der Waals surface area contributed by atoms with E-state index in [2.05, 4.69) is 10.3 Å². The zero-order valence-corrected chi connectivity index (χ0v) is 11.6. The first-order chi connectivity index (χ1) is 10.3. The van der Waals surface area contributed by atoms with E-state index in [0.29, 0.717) is 25.2 Å². The number of aromatic nitrogens is 4. The van der Waals surface area contributed by atoms with Crippen molar-refractivity contribution in [1.82, 2.24) is 19.6 Å². The van der Waals surface area contributed by atoms with Gasteiger partial charge in [-0.1, -0.05) is 17.3 Å². The zero-order chi connectivity index (χ0) is 14.7. The van der Waals surface area contributed by atoms with Gasteiger partial charge in [-0.3, -0.25) is 9.25 Å². The van der Waals surface area contributed by atoms with Crippen molar-refractivity contribution in [3.05, 3.63) is 46.7 Å². The summed E-state index contributed by atoms with van der Waals surface area (Å²) in [6.07, 6.45) is 3.61. The van der Waals surface area contributed by atoms with E-state index >= 15 is 0 Å². The number of hydrogen-bond acceptors (Lipinski definition) is 5. The highest BCUT2D eigenvalue weighted by molar-refractivity contribution is 5.72.